The van der Waals surface area contributed by atoms with Gasteiger partial charge in [-0.15, -0.1) is 0 Å². The van der Waals surface area contributed by atoms with Gasteiger partial charge in [-0.3, -0.25) is 4.79 Å². The SMILES string of the molecule is O=Cc1ccc(-c2cc(COCC3(c4ccccc4)CCNCC3)cc(C(F)(F)F)c2)cc1. The van der Waals surface area contributed by atoms with E-state index in [0.717, 1.165) is 38.1 Å². The number of benzene rings is 3. The molecule has 6 heteroatoms. The fraction of sp³-hybridized carbons (Fsp3) is 0.296. The number of alkyl halides is 3. The largest absolute Gasteiger partial charge is 0.416 e. The Labute approximate surface area is 191 Å². The second kappa shape index (κ2) is 9.89. The summed E-state index contributed by atoms with van der Waals surface area (Å²) in [5.74, 6) is 0. The molecule has 0 aliphatic carbocycles. The minimum absolute atomic E-state index is 0.0886. The first-order valence-electron chi connectivity index (χ1n) is 11.0. The maximum absolute atomic E-state index is 13.6. The Morgan fingerprint density at radius 1 is 0.909 bits per heavy atom. The molecule has 1 N–H and O–H groups in total. The van der Waals surface area contributed by atoms with E-state index >= 15 is 0 Å². The Morgan fingerprint density at radius 2 is 1.61 bits per heavy atom. The lowest BCUT2D eigenvalue weighted by atomic mass is 9.74. The summed E-state index contributed by atoms with van der Waals surface area (Å²) >= 11 is 0. The topological polar surface area (TPSA) is 38.3 Å². The molecule has 0 atom stereocenters. The maximum Gasteiger partial charge on any atom is 0.416 e. The average molecular weight is 454 g/mol. The number of piperidine rings is 1. The Bertz CT molecular complexity index is 1070. The van der Waals surface area contributed by atoms with Crippen molar-refractivity contribution in [1.82, 2.24) is 5.32 Å². The molecule has 1 heterocycles. The van der Waals surface area contributed by atoms with Crippen LogP contribution in [0.1, 0.15) is 39.9 Å². The average Bonchev–Trinajstić information content (AvgIpc) is 2.84. The molecule has 0 aromatic heterocycles. The van der Waals surface area contributed by atoms with Gasteiger partial charge < -0.3 is 10.1 Å². The molecule has 3 aromatic rings. The molecule has 1 fully saturated rings. The number of rotatable bonds is 7. The van der Waals surface area contributed by atoms with Gasteiger partial charge in [0.2, 0.25) is 0 Å². The van der Waals surface area contributed by atoms with Crippen LogP contribution < -0.4 is 5.32 Å². The molecule has 172 valence electrons. The summed E-state index contributed by atoms with van der Waals surface area (Å²) in [6.07, 6.45) is -1.94. The number of nitrogens with one attached hydrogen (secondary N) is 1. The van der Waals surface area contributed by atoms with Crippen LogP contribution in [0.25, 0.3) is 11.1 Å². The van der Waals surface area contributed by atoms with Crippen LogP contribution in [0.4, 0.5) is 13.2 Å². The van der Waals surface area contributed by atoms with Crippen molar-refractivity contribution in [3.8, 4) is 11.1 Å². The van der Waals surface area contributed by atoms with Gasteiger partial charge in [-0.1, -0.05) is 54.6 Å². The molecule has 4 rings (SSSR count). The lowest BCUT2D eigenvalue weighted by Crippen LogP contribution is -2.43. The second-order valence-corrected chi connectivity index (χ2v) is 8.55. The number of ether oxygens (including phenoxy) is 1. The summed E-state index contributed by atoms with van der Waals surface area (Å²) in [6, 6.07) is 20.7. The molecule has 0 radical (unpaired) electrons. The van der Waals surface area contributed by atoms with Crippen molar-refractivity contribution in [1.29, 1.82) is 0 Å². The van der Waals surface area contributed by atoms with Crippen molar-refractivity contribution in [2.24, 2.45) is 0 Å². The van der Waals surface area contributed by atoms with Gasteiger partial charge in [0.25, 0.3) is 0 Å². The molecular weight excluding hydrogens is 427 g/mol. The fourth-order valence-corrected chi connectivity index (χ4v) is 4.44. The van der Waals surface area contributed by atoms with Crippen LogP contribution in [-0.4, -0.2) is 26.0 Å². The highest BCUT2D eigenvalue weighted by Gasteiger charge is 2.34. The van der Waals surface area contributed by atoms with E-state index in [1.165, 1.54) is 5.56 Å². The number of aldehydes is 1. The van der Waals surface area contributed by atoms with Gasteiger partial charge in [0, 0.05) is 11.0 Å². The van der Waals surface area contributed by atoms with E-state index in [0.29, 0.717) is 35.1 Å². The van der Waals surface area contributed by atoms with E-state index < -0.39 is 11.7 Å². The molecule has 0 spiro atoms. The highest BCUT2D eigenvalue weighted by Crippen LogP contribution is 2.36. The molecule has 33 heavy (non-hydrogen) atoms. The van der Waals surface area contributed by atoms with Crippen LogP contribution >= 0.6 is 0 Å². The van der Waals surface area contributed by atoms with Gasteiger partial charge in [0.15, 0.2) is 0 Å². The van der Waals surface area contributed by atoms with Crippen molar-refractivity contribution in [2.45, 2.75) is 31.0 Å². The lowest BCUT2D eigenvalue weighted by Gasteiger charge is -2.38. The standard InChI is InChI=1S/C27H26F3NO2/c28-27(29,30)25-15-21(14-23(16-25)22-8-6-20(17-32)7-9-22)18-33-19-26(10-12-31-13-11-26)24-4-2-1-3-5-24/h1-9,14-17,31H,10-13,18-19H2. The summed E-state index contributed by atoms with van der Waals surface area (Å²) in [5, 5.41) is 3.37. The van der Waals surface area contributed by atoms with Crippen LogP contribution in [0.5, 0.6) is 0 Å². The zero-order valence-corrected chi connectivity index (χ0v) is 18.2. The quantitative estimate of drug-likeness (QED) is 0.445. The molecule has 0 amide bonds. The zero-order chi connectivity index (χ0) is 23.3. The monoisotopic (exact) mass is 453 g/mol. The van der Waals surface area contributed by atoms with E-state index in [2.05, 4.69) is 17.4 Å². The molecule has 3 aromatic carbocycles. The maximum atomic E-state index is 13.6. The second-order valence-electron chi connectivity index (χ2n) is 8.55. The van der Waals surface area contributed by atoms with E-state index in [9.17, 15) is 18.0 Å². The van der Waals surface area contributed by atoms with Gasteiger partial charge in [-0.2, -0.15) is 13.2 Å². The number of halogens is 3. The molecule has 0 unspecified atom stereocenters. The van der Waals surface area contributed by atoms with Crippen LogP contribution in [0.3, 0.4) is 0 Å². The number of carbonyl (C=O) groups excluding carboxylic acids is 1. The predicted octanol–water partition coefficient (Wildman–Crippen LogP) is 6.02. The Kier molecular flexibility index (Phi) is 6.96. The molecule has 0 bridgehead atoms. The van der Waals surface area contributed by atoms with E-state index in [4.69, 9.17) is 4.74 Å². The summed E-state index contributed by atoms with van der Waals surface area (Å²) < 4.78 is 46.8. The number of hydrogen-bond acceptors (Lipinski definition) is 3. The molecule has 0 saturated carbocycles. The molecule has 1 saturated heterocycles. The Morgan fingerprint density at radius 3 is 2.24 bits per heavy atom. The van der Waals surface area contributed by atoms with Gasteiger partial charge in [0.1, 0.15) is 6.29 Å². The van der Waals surface area contributed by atoms with Gasteiger partial charge in [-0.25, -0.2) is 0 Å². The normalized spacial score (nSPS) is 15.8. The summed E-state index contributed by atoms with van der Waals surface area (Å²) in [4.78, 5) is 10.9. The van der Waals surface area contributed by atoms with Crippen LogP contribution in [0.15, 0.2) is 72.8 Å². The molecule has 3 nitrogen and oxygen atoms in total. The van der Waals surface area contributed by atoms with Gasteiger partial charge in [-0.05, 0) is 66.4 Å². The van der Waals surface area contributed by atoms with Crippen molar-refractivity contribution >= 4 is 6.29 Å². The van der Waals surface area contributed by atoms with Crippen molar-refractivity contribution in [2.75, 3.05) is 19.7 Å². The molecule has 1 aliphatic rings. The number of hydrogen-bond donors (Lipinski definition) is 1. The van der Waals surface area contributed by atoms with Gasteiger partial charge in [0.05, 0.1) is 18.8 Å². The van der Waals surface area contributed by atoms with Crippen molar-refractivity contribution < 1.29 is 22.7 Å². The smallest absolute Gasteiger partial charge is 0.376 e. The fourth-order valence-electron chi connectivity index (χ4n) is 4.44. The Hall–Kier alpha value is -2.96. The number of carbonyl (C=O) groups is 1. The third-order valence-corrected chi connectivity index (χ3v) is 6.29. The first-order valence-corrected chi connectivity index (χ1v) is 11.0. The highest BCUT2D eigenvalue weighted by atomic mass is 19.4. The van der Waals surface area contributed by atoms with Crippen LogP contribution in [-0.2, 0) is 22.9 Å². The van der Waals surface area contributed by atoms with Crippen molar-refractivity contribution in [3.63, 3.8) is 0 Å². The summed E-state index contributed by atoms with van der Waals surface area (Å²) in [7, 11) is 0. The van der Waals surface area contributed by atoms with E-state index in [1.807, 2.05) is 18.2 Å². The molecular formula is C27H26F3NO2. The Balaban J connectivity index is 1.57. The third kappa shape index (κ3) is 5.52. The summed E-state index contributed by atoms with van der Waals surface area (Å²) in [5.41, 5.74) is 2.34. The van der Waals surface area contributed by atoms with E-state index in [1.54, 1.807) is 30.3 Å². The van der Waals surface area contributed by atoms with Crippen LogP contribution in [0, 0.1) is 0 Å². The zero-order valence-electron chi connectivity index (χ0n) is 18.2. The van der Waals surface area contributed by atoms with Gasteiger partial charge >= 0.3 is 6.18 Å². The predicted molar refractivity (Wildman–Crippen MR) is 122 cm³/mol. The van der Waals surface area contributed by atoms with E-state index in [-0.39, 0.29) is 12.0 Å². The highest BCUT2D eigenvalue weighted by molar-refractivity contribution is 5.77. The third-order valence-electron chi connectivity index (χ3n) is 6.29. The first kappa shape index (κ1) is 23.2. The molecule has 1 aliphatic heterocycles. The lowest BCUT2D eigenvalue weighted by molar-refractivity contribution is -0.137. The van der Waals surface area contributed by atoms with Crippen LogP contribution in [0.2, 0.25) is 0 Å². The minimum Gasteiger partial charge on any atom is -0.376 e. The summed E-state index contributed by atoms with van der Waals surface area (Å²) in [6.45, 7) is 2.29. The minimum atomic E-state index is -4.46. The van der Waals surface area contributed by atoms with Crippen molar-refractivity contribution in [3.05, 3.63) is 95.1 Å². The first-order chi connectivity index (χ1) is 15.9.